The maximum Gasteiger partial charge on any atom is 0.175 e. The number of hydrogen-bond donors (Lipinski definition) is 1. The topological polar surface area (TPSA) is 55.4 Å². The highest BCUT2D eigenvalue weighted by Crippen LogP contribution is 2.17. The minimum atomic E-state index is -3.16. The molecule has 1 aromatic rings. The average molecular weight is 313 g/mol. The summed E-state index contributed by atoms with van der Waals surface area (Å²) in [5, 5.41) is 3.39. The Hall–Kier alpha value is -1.07. The zero-order chi connectivity index (χ0) is 15.7. The smallest absolute Gasteiger partial charge is 0.175 e. The van der Waals surface area contributed by atoms with Crippen LogP contribution >= 0.6 is 0 Å². The highest BCUT2D eigenvalue weighted by atomic mass is 32.2. The van der Waals surface area contributed by atoms with Crippen molar-refractivity contribution in [3.63, 3.8) is 0 Å². The van der Waals surface area contributed by atoms with E-state index in [2.05, 4.69) is 19.2 Å². The maximum absolute atomic E-state index is 11.4. The number of benzene rings is 1. The molecular weight excluding hydrogens is 286 g/mol. The predicted molar refractivity (Wildman–Crippen MR) is 86.7 cm³/mol. The Morgan fingerprint density at radius 2 is 1.86 bits per heavy atom. The van der Waals surface area contributed by atoms with Gasteiger partial charge in [0, 0.05) is 12.3 Å². The van der Waals surface area contributed by atoms with Crippen LogP contribution in [0.2, 0.25) is 0 Å². The molecule has 120 valence electrons. The summed E-state index contributed by atoms with van der Waals surface area (Å²) in [4.78, 5) is 0.305. The summed E-state index contributed by atoms with van der Waals surface area (Å²) in [6.45, 7) is 6.00. The van der Waals surface area contributed by atoms with Gasteiger partial charge in [0.2, 0.25) is 0 Å². The van der Waals surface area contributed by atoms with Gasteiger partial charge < -0.3 is 10.1 Å². The van der Waals surface area contributed by atoms with Crippen LogP contribution in [-0.2, 0) is 9.84 Å². The van der Waals surface area contributed by atoms with Crippen molar-refractivity contribution in [1.82, 2.24) is 5.32 Å². The molecule has 0 spiro atoms. The van der Waals surface area contributed by atoms with Crippen LogP contribution in [0, 0.1) is 0 Å². The van der Waals surface area contributed by atoms with Crippen molar-refractivity contribution in [2.75, 3.05) is 19.4 Å². The van der Waals surface area contributed by atoms with Crippen molar-refractivity contribution in [2.24, 2.45) is 0 Å². The number of sulfone groups is 1. The first kappa shape index (κ1) is 18.0. The first-order chi connectivity index (χ1) is 9.89. The number of ether oxygens (including phenoxy) is 1. The summed E-state index contributed by atoms with van der Waals surface area (Å²) >= 11 is 0. The third-order valence-corrected chi connectivity index (χ3v) is 4.24. The molecule has 4 nitrogen and oxygen atoms in total. The second-order valence-electron chi connectivity index (χ2n) is 5.62. The lowest BCUT2D eigenvalue weighted by Gasteiger charge is -2.09. The lowest BCUT2D eigenvalue weighted by molar-refractivity contribution is 0.303. The largest absolute Gasteiger partial charge is 0.494 e. The fourth-order valence-corrected chi connectivity index (χ4v) is 2.61. The molecule has 0 bridgehead atoms. The Morgan fingerprint density at radius 3 is 2.52 bits per heavy atom. The fourth-order valence-electron chi connectivity index (χ4n) is 1.96. The second kappa shape index (κ2) is 9.05. The number of hydrogen-bond acceptors (Lipinski definition) is 4. The first-order valence-corrected chi connectivity index (χ1v) is 9.45. The molecule has 1 rings (SSSR count). The maximum atomic E-state index is 11.4. The molecule has 0 aliphatic carbocycles. The SMILES string of the molecule is CC(C)NCCCCCCOc1cccc(S(C)(=O)=O)c1. The molecule has 0 aliphatic heterocycles. The van der Waals surface area contributed by atoms with Crippen LogP contribution in [0.25, 0.3) is 0 Å². The van der Waals surface area contributed by atoms with Gasteiger partial charge in [0.05, 0.1) is 11.5 Å². The average Bonchev–Trinajstić information content (AvgIpc) is 2.41. The second-order valence-corrected chi connectivity index (χ2v) is 7.63. The van der Waals surface area contributed by atoms with E-state index < -0.39 is 9.84 Å². The first-order valence-electron chi connectivity index (χ1n) is 7.56. The Morgan fingerprint density at radius 1 is 1.14 bits per heavy atom. The van der Waals surface area contributed by atoms with E-state index in [1.807, 2.05) is 0 Å². The number of nitrogens with one attached hydrogen (secondary N) is 1. The molecule has 0 atom stereocenters. The van der Waals surface area contributed by atoms with Crippen molar-refractivity contribution in [1.29, 1.82) is 0 Å². The molecule has 1 N–H and O–H groups in total. The van der Waals surface area contributed by atoms with Crippen LogP contribution in [0.3, 0.4) is 0 Å². The van der Waals surface area contributed by atoms with Crippen LogP contribution in [0.5, 0.6) is 5.75 Å². The summed E-state index contributed by atoms with van der Waals surface area (Å²) in [6, 6.07) is 7.23. The van der Waals surface area contributed by atoms with Gasteiger partial charge in [-0.25, -0.2) is 8.42 Å². The number of rotatable bonds is 10. The summed E-state index contributed by atoms with van der Waals surface area (Å²) in [5.41, 5.74) is 0. The predicted octanol–water partition coefficient (Wildman–Crippen LogP) is 3.03. The molecule has 0 unspecified atom stereocenters. The van der Waals surface area contributed by atoms with E-state index in [4.69, 9.17) is 4.74 Å². The Balaban J connectivity index is 2.19. The van der Waals surface area contributed by atoms with Gasteiger partial charge in [-0.1, -0.05) is 32.8 Å². The summed E-state index contributed by atoms with van der Waals surface area (Å²) in [5.74, 6) is 0.624. The molecule has 0 heterocycles. The van der Waals surface area contributed by atoms with E-state index >= 15 is 0 Å². The van der Waals surface area contributed by atoms with Gasteiger partial charge in [0.15, 0.2) is 9.84 Å². The van der Waals surface area contributed by atoms with Gasteiger partial charge in [-0.05, 0) is 37.6 Å². The van der Waals surface area contributed by atoms with E-state index in [1.165, 1.54) is 19.1 Å². The van der Waals surface area contributed by atoms with Crippen LogP contribution in [0.4, 0.5) is 0 Å². The van der Waals surface area contributed by atoms with Crippen molar-refractivity contribution in [3.8, 4) is 5.75 Å². The minimum Gasteiger partial charge on any atom is -0.494 e. The molecule has 21 heavy (non-hydrogen) atoms. The van der Waals surface area contributed by atoms with E-state index in [0.717, 1.165) is 19.4 Å². The zero-order valence-corrected chi connectivity index (χ0v) is 14.1. The lowest BCUT2D eigenvalue weighted by Crippen LogP contribution is -2.23. The monoisotopic (exact) mass is 313 g/mol. The highest BCUT2D eigenvalue weighted by molar-refractivity contribution is 7.90. The quantitative estimate of drug-likeness (QED) is 0.675. The molecule has 5 heteroatoms. The molecule has 0 radical (unpaired) electrons. The van der Waals surface area contributed by atoms with Crippen LogP contribution in [0.15, 0.2) is 29.2 Å². The summed E-state index contributed by atoms with van der Waals surface area (Å²) < 4.78 is 28.5. The molecular formula is C16H27NO3S. The van der Waals surface area contributed by atoms with Gasteiger partial charge in [-0.2, -0.15) is 0 Å². The van der Waals surface area contributed by atoms with Crippen molar-refractivity contribution < 1.29 is 13.2 Å². The Labute approximate surface area is 128 Å². The normalized spacial score (nSPS) is 11.8. The molecule has 0 saturated heterocycles. The van der Waals surface area contributed by atoms with E-state index in [9.17, 15) is 8.42 Å². The highest BCUT2D eigenvalue weighted by Gasteiger charge is 2.07. The van der Waals surface area contributed by atoms with E-state index in [1.54, 1.807) is 24.3 Å². The molecule has 0 saturated carbocycles. The molecule has 0 amide bonds. The zero-order valence-electron chi connectivity index (χ0n) is 13.3. The number of unbranched alkanes of at least 4 members (excludes halogenated alkanes) is 3. The van der Waals surface area contributed by atoms with Gasteiger partial charge >= 0.3 is 0 Å². The van der Waals surface area contributed by atoms with Gasteiger partial charge in [0.1, 0.15) is 5.75 Å². The third kappa shape index (κ3) is 8.07. The van der Waals surface area contributed by atoms with Gasteiger partial charge in [0.25, 0.3) is 0 Å². The summed E-state index contributed by atoms with van der Waals surface area (Å²) in [7, 11) is -3.16. The van der Waals surface area contributed by atoms with E-state index in [0.29, 0.717) is 23.3 Å². The van der Waals surface area contributed by atoms with Crippen molar-refractivity contribution in [2.45, 2.75) is 50.5 Å². The fraction of sp³-hybridized carbons (Fsp3) is 0.625. The molecule has 0 aliphatic rings. The lowest BCUT2D eigenvalue weighted by atomic mass is 10.2. The van der Waals surface area contributed by atoms with Crippen molar-refractivity contribution in [3.05, 3.63) is 24.3 Å². The van der Waals surface area contributed by atoms with Crippen molar-refractivity contribution >= 4 is 9.84 Å². The van der Waals surface area contributed by atoms with Crippen LogP contribution in [-0.4, -0.2) is 33.9 Å². The Kier molecular flexibility index (Phi) is 7.75. The third-order valence-electron chi connectivity index (χ3n) is 3.13. The summed E-state index contributed by atoms with van der Waals surface area (Å²) in [6.07, 6.45) is 5.70. The Bertz CT molecular complexity index is 512. The van der Waals surface area contributed by atoms with E-state index in [-0.39, 0.29) is 0 Å². The molecule has 1 aromatic carbocycles. The standard InChI is InChI=1S/C16H27NO3S/c1-14(2)17-11-6-4-5-7-12-20-15-9-8-10-16(13-15)21(3,18)19/h8-10,13-14,17H,4-7,11-12H2,1-3H3. The molecule has 0 aromatic heterocycles. The molecule has 0 fully saturated rings. The van der Waals surface area contributed by atoms with Crippen LogP contribution < -0.4 is 10.1 Å². The van der Waals surface area contributed by atoms with Gasteiger partial charge in [-0.3, -0.25) is 0 Å². The van der Waals surface area contributed by atoms with Gasteiger partial charge in [-0.15, -0.1) is 0 Å². The minimum absolute atomic E-state index is 0.305. The van der Waals surface area contributed by atoms with Crippen LogP contribution in [0.1, 0.15) is 39.5 Å².